The molecule has 1 atom stereocenters. The molecule has 0 bridgehead atoms. The number of rotatable bonds is 4. The smallest absolute Gasteiger partial charge is 0.00103 e. The summed E-state index contributed by atoms with van der Waals surface area (Å²) >= 11 is 0. The van der Waals surface area contributed by atoms with Crippen LogP contribution in [0.3, 0.4) is 0 Å². The maximum atomic E-state index is 3.44. The maximum absolute atomic E-state index is 3.44. The van der Waals surface area contributed by atoms with Crippen LogP contribution in [0.2, 0.25) is 0 Å². The van der Waals surface area contributed by atoms with Gasteiger partial charge in [0.05, 0.1) is 0 Å². The van der Waals surface area contributed by atoms with E-state index in [9.17, 15) is 0 Å². The predicted octanol–water partition coefficient (Wildman–Crippen LogP) is 0.984. The first-order valence-electron chi connectivity index (χ1n) is 4.73. The highest BCUT2D eigenvalue weighted by Crippen LogP contribution is 2.10. The Morgan fingerprint density at radius 1 is 1.55 bits per heavy atom. The molecule has 2 nitrogen and oxygen atoms in total. The lowest BCUT2D eigenvalue weighted by molar-refractivity contribution is 0.477. The van der Waals surface area contributed by atoms with Gasteiger partial charge in [-0.2, -0.15) is 0 Å². The second-order valence-corrected chi connectivity index (χ2v) is 3.76. The molecule has 1 saturated heterocycles. The van der Waals surface area contributed by atoms with Gasteiger partial charge in [-0.25, -0.2) is 0 Å². The largest absolute Gasteiger partial charge is 0.316 e. The van der Waals surface area contributed by atoms with Gasteiger partial charge >= 0.3 is 0 Å². The van der Waals surface area contributed by atoms with Gasteiger partial charge in [0.2, 0.25) is 0 Å². The molecule has 11 heavy (non-hydrogen) atoms. The van der Waals surface area contributed by atoms with Crippen LogP contribution < -0.4 is 10.6 Å². The minimum Gasteiger partial charge on any atom is -0.316 e. The molecule has 0 aromatic heterocycles. The third-order valence-corrected chi connectivity index (χ3v) is 2.27. The summed E-state index contributed by atoms with van der Waals surface area (Å²) in [4.78, 5) is 0. The number of hydrogen-bond donors (Lipinski definition) is 2. The lowest BCUT2D eigenvalue weighted by Gasteiger charge is -2.11. The number of nitrogens with one attached hydrogen (secondary N) is 2. The SMILES string of the molecule is CC(C)NCCC1CCNC1. The number of hydrogen-bond acceptors (Lipinski definition) is 2. The van der Waals surface area contributed by atoms with Crippen molar-refractivity contribution in [2.24, 2.45) is 5.92 Å². The first-order chi connectivity index (χ1) is 5.29. The zero-order valence-electron chi connectivity index (χ0n) is 7.69. The molecule has 1 aliphatic heterocycles. The lowest BCUT2D eigenvalue weighted by Crippen LogP contribution is -2.25. The van der Waals surface area contributed by atoms with Crippen molar-refractivity contribution in [1.29, 1.82) is 0 Å². The van der Waals surface area contributed by atoms with Gasteiger partial charge in [0.25, 0.3) is 0 Å². The van der Waals surface area contributed by atoms with Gasteiger partial charge in [-0.1, -0.05) is 13.8 Å². The summed E-state index contributed by atoms with van der Waals surface area (Å²) in [6.07, 6.45) is 2.71. The van der Waals surface area contributed by atoms with Gasteiger partial charge in [0.15, 0.2) is 0 Å². The van der Waals surface area contributed by atoms with Crippen LogP contribution in [0.1, 0.15) is 26.7 Å². The van der Waals surface area contributed by atoms with Crippen molar-refractivity contribution in [2.75, 3.05) is 19.6 Å². The van der Waals surface area contributed by atoms with Crippen LogP contribution in [0.15, 0.2) is 0 Å². The van der Waals surface area contributed by atoms with Gasteiger partial charge in [-0.3, -0.25) is 0 Å². The Labute approximate surface area is 69.8 Å². The highest BCUT2D eigenvalue weighted by Gasteiger charge is 2.13. The van der Waals surface area contributed by atoms with Gasteiger partial charge in [0.1, 0.15) is 0 Å². The quantitative estimate of drug-likeness (QED) is 0.634. The van der Waals surface area contributed by atoms with Crippen LogP contribution in [0.25, 0.3) is 0 Å². The van der Waals surface area contributed by atoms with Crippen molar-refractivity contribution in [3.8, 4) is 0 Å². The molecule has 0 aromatic carbocycles. The summed E-state index contributed by atoms with van der Waals surface area (Å²) < 4.78 is 0. The van der Waals surface area contributed by atoms with E-state index in [-0.39, 0.29) is 0 Å². The highest BCUT2D eigenvalue weighted by molar-refractivity contribution is 4.71. The Kier molecular flexibility index (Phi) is 3.87. The summed E-state index contributed by atoms with van der Waals surface area (Å²) in [5.41, 5.74) is 0. The third-order valence-electron chi connectivity index (χ3n) is 2.27. The fraction of sp³-hybridized carbons (Fsp3) is 1.00. The molecule has 0 spiro atoms. The lowest BCUT2D eigenvalue weighted by atomic mass is 10.1. The Balaban J connectivity index is 1.94. The molecule has 1 unspecified atom stereocenters. The molecule has 1 aliphatic rings. The zero-order chi connectivity index (χ0) is 8.10. The molecule has 1 fully saturated rings. The van der Waals surface area contributed by atoms with E-state index >= 15 is 0 Å². The first-order valence-corrected chi connectivity index (χ1v) is 4.73. The average molecular weight is 156 g/mol. The topological polar surface area (TPSA) is 24.1 Å². The van der Waals surface area contributed by atoms with Crippen molar-refractivity contribution in [3.63, 3.8) is 0 Å². The minimum absolute atomic E-state index is 0.643. The summed E-state index contributed by atoms with van der Waals surface area (Å²) in [6.45, 7) is 8.05. The monoisotopic (exact) mass is 156 g/mol. The molecule has 1 rings (SSSR count). The predicted molar refractivity (Wildman–Crippen MR) is 48.7 cm³/mol. The van der Waals surface area contributed by atoms with E-state index in [1.807, 2.05) is 0 Å². The van der Waals surface area contributed by atoms with Crippen LogP contribution in [0.4, 0.5) is 0 Å². The van der Waals surface area contributed by atoms with E-state index in [1.54, 1.807) is 0 Å². The molecule has 0 saturated carbocycles. The van der Waals surface area contributed by atoms with E-state index in [0.717, 1.165) is 5.92 Å². The molecule has 0 amide bonds. The molecular formula is C9H20N2. The molecule has 0 aliphatic carbocycles. The Morgan fingerprint density at radius 2 is 2.36 bits per heavy atom. The second-order valence-electron chi connectivity index (χ2n) is 3.76. The maximum Gasteiger partial charge on any atom is 0.00103 e. The van der Waals surface area contributed by atoms with Gasteiger partial charge in [0, 0.05) is 6.04 Å². The van der Waals surface area contributed by atoms with E-state index in [4.69, 9.17) is 0 Å². The summed E-state index contributed by atoms with van der Waals surface area (Å²) in [5, 5.41) is 6.83. The molecule has 0 aromatic rings. The Bertz CT molecular complexity index is 95.7. The van der Waals surface area contributed by atoms with E-state index in [2.05, 4.69) is 24.5 Å². The van der Waals surface area contributed by atoms with E-state index in [0.29, 0.717) is 6.04 Å². The first kappa shape index (κ1) is 9.01. The normalized spacial score (nSPS) is 24.8. The van der Waals surface area contributed by atoms with Crippen molar-refractivity contribution >= 4 is 0 Å². The Hall–Kier alpha value is -0.0800. The average Bonchev–Trinajstić information content (AvgIpc) is 2.39. The van der Waals surface area contributed by atoms with Crippen LogP contribution >= 0.6 is 0 Å². The zero-order valence-corrected chi connectivity index (χ0v) is 7.69. The van der Waals surface area contributed by atoms with Crippen LogP contribution in [-0.4, -0.2) is 25.7 Å². The van der Waals surface area contributed by atoms with Crippen molar-refractivity contribution < 1.29 is 0 Å². The standard InChI is InChI=1S/C9H20N2/c1-8(2)11-6-4-9-3-5-10-7-9/h8-11H,3-7H2,1-2H3. The van der Waals surface area contributed by atoms with E-state index in [1.165, 1.54) is 32.5 Å². The van der Waals surface area contributed by atoms with Gasteiger partial charge in [-0.15, -0.1) is 0 Å². The fourth-order valence-corrected chi connectivity index (χ4v) is 1.54. The summed E-state index contributed by atoms with van der Waals surface area (Å²) in [7, 11) is 0. The van der Waals surface area contributed by atoms with Gasteiger partial charge < -0.3 is 10.6 Å². The third kappa shape index (κ3) is 3.73. The van der Waals surface area contributed by atoms with Crippen LogP contribution in [0, 0.1) is 5.92 Å². The second kappa shape index (κ2) is 4.73. The summed E-state index contributed by atoms with van der Waals surface area (Å²) in [6, 6.07) is 0.643. The molecular weight excluding hydrogens is 136 g/mol. The molecule has 66 valence electrons. The molecule has 2 heteroatoms. The van der Waals surface area contributed by atoms with Crippen LogP contribution in [-0.2, 0) is 0 Å². The minimum atomic E-state index is 0.643. The Morgan fingerprint density at radius 3 is 2.91 bits per heavy atom. The van der Waals surface area contributed by atoms with Crippen LogP contribution in [0.5, 0.6) is 0 Å². The molecule has 2 N–H and O–H groups in total. The molecule has 0 radical (unpaired) electrons. The highest BCUT2D eigenvalue weighted by atomic mass is 14.9. The van der Waals surface area contributed by atoms with E-state index < -0.39 is 0 Å². The van der Waals surface area contributed by atoms with Gasteiger partial charge in [-0.05, 0) is 38.4 Å². The molecule has 1 heterocycles. The fourth-order valence-electron chi connectivity index (χ4n) is 1.54. The summed E-state index contributed by atoms with van der Waals surface area (Å²) in [5.74, 6) is 0.932. The van der Waals surface area contributed by atoms with Crippen molar-refractivity contribution in [2.45, 2.75) is 32.7 Å². The van der Waals surface area contributed by atoms with Crippen molar-refractivity contribution in [1.82, 2.24) is 10.6 Å². The van der Waals surface area contributed by atoms with Crippen molar-refractivity contribution in [3.05, 3.63) is 0 Å².